The number of carbonyl (C=O) groups excluding carboxylic acids is 2. The number of sulfonamides is 1. The van der Waals surface area contributed by atoms with E-state index >= 15 is 0 Å². The number of alkyl halides is 3. The molecule has 2 aromatic rings. The van der Waals surface area contributed by atoms with Crippen molar-refractivity contribution in [2.75, 3.05) is 18.5 Å². The smallest absolute Gasteiger partial charge is 0.384 e. The van der Waals surface area contributed by atoms with Crippen molar-refractivity contribution in [2.45, 2.75) is 49.3 Å². The Hall–Kier alpha value is -3.49. The van der Waals surface area contributed by atoms with E-state index in [1.807, 2.05) is 0 Å². The Kier molecular flexibility index (Phi) is 9.12. The quantitative estimate of drug-likeness (QED) is 0.181. The van der Waals surface area contributed by atoms with Gasteiger partial charge in [-0.3, -0.25) is 15.0 Å². The number of rotatable bonds is 9. The summed E-state index contributed by atoms with van der Waals surface area (Å²) in [6.45, 7) is 1.94. The Balaban J connectivity index is 1.68. The lowest BCUT2D eigenvalue weighted by Crippen LogP contribution is -2.41. The number of nitrogens with two attached hydrogens (primary N) is 1. The highest BCUT2D eigenvalue weighted by Crippen LogP contribution is 2.36. The van der Waals surface area contributed by atoms with Gasteiger partial charge in [0.1, 0.15) is 12.3 Å². The maximum absolute atomic E-state index is 13.8. The summed E-state index contributed by atoms with van der Waals surface area (Å²) < 4.78 is 74.5. The predicted molar refractivity (Wildman–Crippen MR) is 133 cm³/mol. The van der Waals surface area contributed by atoms with E-state index in [2.05, 4.69) is 15.4 Å². The Labute approximate surface area is 217 Å². The average Bonchev–Trinajstić information content (AvgIpc) is 2.83. The number of amidine groups is 1. The van der Waals surface area contributed by atoms with E-state index in [-0.39, 0.29) is 18.0 Å². The van der Waals surface area contributed by atoms with Crippen LogP contribution in [-0.4, -0.2) is 45.3 Å². The zero-order chi connectivity index (χ0) is 28.1. The van der Waals surface area contributed by atoms with Crippen molar-refractivity contribution >= 4 is 33.4 Å². The van der Waals surface area contributed by atoms with Crippen LogP contribution in [0.25, 0.3) is 0 Å². The third-order valence-electron chi connectivity index (χ3n) is 5.76. The average molecular weight is 556 g/mol. The fourth-order valence-corrected chi connectivity index (χ4v) is 5.31. The van der Waals surface area contributed by atoms with Crippen molar-refractivity contribution in [1.29, 1.82) is 5.41 Å². The van der Waals surface area contributed by atoms with Gasteiger partial charge in [0, 0.05) is 23.9 Å². The maximum Gasteiger partial charge on any atom is 0.417 e. The summed E-state index contributed by atoms with van der Waals surface area (Å²) in [7, 11) is -4.50. The Morgan fingerprint density at radius 1 is 1.16 bits per heavy atom. The fraction of sp³-hybridized carbons (Fsp3) is 0.375. The lowest BCUT2D eigenvalue weighted by Gasteiger charge is -2.24. The van der Waals surface area contributed by atoms with E-state index in [1.165, 1.54) is 37.3 Å². The van der Waals surface area contributed by atoms with E-state index in [0.717, 1.165) is 6.07 Å². The number of ether oxygens (including phenoxy) is 1. The van der Waals surface area contributed by atoms with Gasteiger partial charge in [0.15, 0.2) is 0 Å². The summed E-state index contributed by atoms with van der Waals surface area (Å²) in [4.78, 5) is 23.6. The van der Waals surface area contributed by atoms with Crippen LogP contribution >= 0.6 is 0 Å². The zero-order valence-corrected chi connectivity index (χ0v) is 21.2. The molecule has 10 nitrogen and oxygen atoms in total. The molecule has 1 aliphatic heterocycles. The van der Waals surface area contributed by atoms with E-state index in [9.17, 15) is 31.2 Å². The van der Waals surface area contributed by atoms with E-state index in [1.54, 1.807) is 0 Å². The SMILES string of the molecule is C[C@H](NC(=O)CC(=O)Nc1ccc(C(=N)N)cc1)c1ccc(S(=O)(=O)NC2CCCOC2)c(C(F)(F)F)c1. The lowest BCUT2D eigenvalue weighted by atomic mass is 10.0. The molecule has 0 bridgehead atoms. The molecule has 1 unspecified atom stereocenters. The molecule has 6 N–H and O–H groups in total. The first-order valence-electron chi connectivity index (χ1n) is 11.6. The van der Waals surface area contributed by atoms with Crippen LogP contribution in [0.2, 0.25) is 0 Å². The molecule has 2 aromatic carbocycles. The Bertz CT molecular complexity index is 1290. The van der Waals surface area contributed by atoms with E-state index in [0.29, 0.717) is 36.8 Å². The Morgan fingerprint density at radius 3 is 2.42 bits per heavy atom. The van der Waals surface area contributed by atoms with Gasteiger partial charge >= 0.3 is 6.18 Å². The third kappa shape index (κ3) is 7.76. The molecule has 0 aliphatic carbocycles. The first kappa shape index (κ1) is 29.1. The normalized spacial score (nSPS) is 16.9. The predicted octanol–water partition coefficient (Wildman–Crippen LogP) is 2.65. The van der Waals surface area contributed by atoms with Gasteiger partial charge < -0.3 is 21.1 Å². The van der Waals surface area contributed by atoms with Crippen molar-refractivity contribution in [2.24, 2.45) is 5.73 Å². The highest BCUT2D eigenvalue weighted by atomic mass is 32.2. The number of nitrogens with one attached hydrogen (secondary N) is 4. The van der Waals surface area contributed by atoms with Crippen LogP contribution in [0.15, 0.2) is 47.4 Å². The number of hydrogen-bond donors (Lipinski definition) is 5. The largest absolute Gasteiger partial charge is 0.417 e. The first-order chi connectivity index (χ1) is 17.8. The second-order valence-corrected chi connectivity index (χ2v) is 10.5. The second kappa shape index (κ2) is 11.9. The molecule has 38 heavy (non-hydrogen) atoms. The molecule has 1 aliphatic rings. The van der Waals surface area contributed by atoms with Crippen molar-refractivity contribution in [1.82, 2.24) is 10.0 Å². The van der Waals surface area contributed by atoms with Crippen LogP contribution in [0, 0.1) is 5.41 Å². The van der Waals surface area contributed by atoms with Crippen molar-refractivity contribution in [3.8, 4) is 0 Å². The minimum absolute atomic E-state index is 0.00542. The minimum Gasteiger partial charge on any atom is -0.384 e. The van der Waals surface area contributed by atoms with Gasteiger partial charge in [-0.1, -0.05) is 6.07 Å². The lowest BCUT2D eigenvalue weighted by molar-refractivity contribution is -0.140. The highest BCUT2D eigenvalue weighted by Gasteiger charge is 2.38. The van der Waals surface area contributed by atoms with Crippen LogP contribution in [0.4, 0.5) is 18.9 Å². The topological polar surface area (TPSA) is 163 Å². The number of carbonyl (C=O) groups is 2. The molecule has 0 saturated carbocycles. The number of amides is 2. The molecule has 3 rings (SSSR count). The number of halogens is 3. The molecule has 2 atom stereocenters. The van der Waals surface area contributed by atoms with Crippen LogP contribution < -0.4 is 21.1 Å². The fourth-order valence-electron chi connectivity index (χ4n) is 3.85. The van der Waals surface area contributed by atoms with Crippen molar-refractivity contribution < 1.29 is 35.9 Å². The summed E-state index contributed by atoms with van der Waals surface area (Å²) in [5.41, 5.74) is 4.82. The third-order valence-corrected chi connectivity index (χ3v) is 7.34. The molecule has 1 fully saturated rings. The van der Waals surface area contributed by atoms with Gasteiger partial charge in [0.05, 0.1) is 23.1 Å². The van der Waals surface area contributed by atoms with Crippen LogP contribution in [0.1, 0.15) is 48.9 Å². The van der Waals surface area contributed by atoms with Crippen LogP contribution in [0.5, 0.6) is 0 Å². The summed E-state index contributed by atoms with van der Waals surface area (Å²) >= 11 is 0. The summed E-state index contributed by atoms with van der Waals surface area (Å²) in [5, 5.41) is 12.3. The van der Waals surface area contributed by atoms with E-state index < -0.39 is 57.0 Å². The maximum atomic E-state index is 13.8. The van der Waals surface area contributed by atoms with Crippen molar-refractivity contribution in [3.05, 3.63) is 59.2 Å². The van der Waals surface area contributed by atoms with Crippen LogP contribution in [-0.2, 0) is 30.5 Å². The molecular weight excluding hydrogens is 527 g/mol. The molecule has 0 spiro atoms. The monoisotopic (exact) mass is 555 g/mol. The molecule has 0 radical (unpaired) electrons. The first-order valence-corrected chi connectivity index (χ1v) is 13.1. The summed E-state index contributed by atoms with van der Waals surface area (Å²) in [6.07, 6.45) is -4.56. The molecule has 1 heterocycles. The standard InChI is InChI=1S/C24H28F3N5O5S/c1-14(30-21(33)12-22(34)31-17-7-4-15(5-8-17)23(28)29)16-6-9-20(19(11-16)24(25,26)27)38(35,36)32-18-3-2-10-37-13-18/h4-9,11,14,18,32H,2-3,10,12-13H2,1H3,(H3,28,29)(H,30,33)(H,31,34)/t14-,18?/m0/s1. The van der Waals surface area contributed by atoms with Gasteiger partial charge in [0.25, 0.3) is 0 Å². The van der Waals surface area contributed by atoms with Gasteiger partial charge in [-0.25, -0.2) is 13.1 Å². The molecule has 0 aromatic heterocycles. The second-order valence-electron chi connectivity index (χ2n) is 8.79. The Morgan fingerprint density at radius 2 is 1.84 bits per heavy atom. The van der Waals surface area contributed by atoms with Crippen LogP contribution in [0.3, 0.4) is 0 Å². The van der Waals surface area contributed by atoms with Crippen molar-refractivity contribution in [3.63, 3.8) is 0 Å². The molecular formula is C24H28F3N5O5S. The van der Waals surface area contributed by atoms with Gasteiger partial charge in [0.2, 0.25) is 21.8 Å². The van der Waals surface area contributed by atoms with Gasteiger partial charge in [-0.05, 0) is 61.7 Å². The molecule has 14 heteroatoms. The number of anilines is 1. The number of nitrogen functional groups attached to an aromatic ring is 1. The molecule has 1 saturated heterocycles. The number of benzene rings is 2. The zero-order valence-electron chi connectivity index (χ0n) is 20.4. The molecule has 206 valence electrons. The van der Waals surface area contributed by atoms with E-state index in [4.69, 9.17) is 15.9 Å². The van der Waals surface area contributed by atoms with Gasteiger partial charge in [-0.15, -0.1) is 0 Å². The minimum atomic E-state index is -4.98. The van der Waals surface area contributed by atoms with Gasteiger partial charge in [-0.2, -0.15) is 13.2 Å². The summed E-state index contributed by atoms with van der Waals surface area (Å²) in [6, 6.07) is 7.15. The molecule has 2 amide bonds. The number of hydrogen-bond acceptors (Lipinski definition) is 6. The highest BCUT2D eigenvalue weighted by molar-refractivity contribution is 7.89. The summed E-state index contributed by atoms with van der Waals surface area (Å²) in [5.74, 6) is -1.56.